The van der Waals surface area contributed by atoms with Crippen LogP contribution in [0.1, 0.15) is 46.0 Å². The highest BCUT2D eigenvalue weighted by Crippen LogP contribution is 2.26. The van der Waals surface area contributed by atoms with Gasteiger partial charge in [-0.3, -0.25) is 0 Å². The zero-order chi connectivity index (χ0) is 10.0. The van der Waals surface area contributed by atoms with Crippen LogP contribution in [0.5, 0.6) is 0 Å². The van der Waals surface area contributed by atoms with Gasteiger partial charge in [-0.2, -0.15) is 0 Å². The van der Waals surface area contributed by atoms with Crippen LogP contribution in [-0.2, 0) is 0 Å². The van der Waals surface area contributed by atoms with Crippen molar-refractivity contribution in [2.24, 2.45) is 5.92 Å². The quantitative estimate of drug-likeness (QED) is 0.720. The fourth-order valence-corrected chi connectivity index (χ4v) is 2.58. The molecule has 0 radical (unpaired) electrons. The van der Waals surface area contributed by atoms with Crippen molar-refractivity contribution in [1.82, 2.24) is 10.6 Å². The van der Waals surface area contributed by atoms with E-state index in [-0.39, 0.29) is 0 Å². The summed E-state index contributed by atoms with van der Waals surface area (Å²) < 4.78 is 0. The third-order valence-electron chi connectivity index (χ3n) is 3.77. The van der Waals surface area contributed by atoms with E-state index >= 15 is 0 Å². The highest BCUT2D eigenvalue weighted by molar-refractivity contribution is 4.89. The standard InChI is InChI=1S/C12H24N2/c1-12(2)8-11(6-7-14-12)13-9-10-4-3-5-10/h10-11,13-14H,3-9H2,1-2H3. The van der Waals surface area contributed by atoms with Crippen LogP contribution in [-0.4, -0.2) is 24.7 Å². The molecular weight excluding hydrogens is 172 g/mol. The molecule has 2 heteroatoms. The van der Waals surface area contributed by atoms with Crippen molar-refractivity contribution in [3.05, 3.63) is 0 Å². The summed E-state index contributed by atoms with van der Waals surface area (Å²) >= 11 is 0. The smallest absolute Gasteiger partial charge is 0.0139 e. The molecular formula is C12H24N2. The van der Waals surface area contributed by atoms with Gasteiger partial charge >= 0.3 is 0 Å². The van der Waals surface area contributed by atoms with Crippen LogP contribution < -0.4 is 10.6 Å². The summed E-state index contributed by atoms with van der Waals surface area (Å²) in [5, 5.41) is 7.30. The summed E-state index contributed by atoms with van der Waals surface area (Å²) in [6.07, 6.45) is 6.96. The zero-order valence-electron chi connectivity index (χ0n) is 9.60. The second-order valence-electron chi connectivity index (χ2n) is 5.71. The Morgan fingerprint density at radius 3 is 2.64 bits per heavy atom. The Morgan fingerprint density at radius 1 is 1.29 bits per heavy atom. The van der Waals surface area contributed by atoms with Crippen LogP contribution >= 0.6 is 0 Å². The maximum Gasteiger partial charge on any atom is 0.0139 e. The normalized spacial score (nSPS) is 32.6. The zero-order valence-corrected chi connectivity index (χ0v) is 9.60. The van der Waals surface area contributed by atoms with E-state index in [9.17, 15) is 0 Å². The molecule has 2 nitrogen and oxygen atoms in total. The third kappa shape index (κ3) is 2.71. The van der Waals surface area contributed by atoms with Gasteiger partial charge < -0.3 is 10.6 Å². The summed E-state index contributed by atoms with van der Waals surface area (Å²) in [4.78, 5) is 0. The van der Waals surface area contributed by atoms with Crippen LogP contribution in [0, 0.1) is 5.92 Å². The molecule has 1 saturated heterocycles. The van der Waals surface area contributed by atoms with E-state index in [1.165, 1.54) is 45.2 Å². The van der Waals surface area contributed by atoms with E-state index in [1.54, 1.807) is 0 Å². The molecule has 0 amide bonds. The molecule has 82 valence electrons. The number of piperidine rings is 1. The van der Waals surface area contributed by atoms with Gasteiger partial charge in [-0.05, 0) is 58.5 Å². The number of hydrogen-bond donors (Lipinski definition) is 2. The molecule has 1 unspecified atom stereocenters. The highest BCUT2D eigenvalue weighted by atomic mass is 15.0. The van der Waals surface area contributed by atoms with Gasteiger partial charge in [0.15, 0.2) is 0 Å². The highest BCUT2D eigenvalue weighted by Gasteiger charge is 2.27. The molecule has 0 spiro atoms. The van der Waals surface area contributed by atoms with Crippen molar-refractivity contribution >= 4 is 0 Å². The fourth-order valence-electron chi connectivity index (χ4n) is 2.58. The van der Waals surface area contributed by atoms with Crippen molar-refractivity contribution in [2.75, 3.05) is 13.1 Å². The number of hydrogen-bond acceptors (Lipinski definition) is 2. The second kappa shape index (κ2) is 4.19. The molecule has 1 atom stereocenters. The minimum atomic E-state index is 0.343. The first-order valence-corrected chi connectivity index (χ1v) is 6.14. The Hall–Kier alpha value is -0.0800. The van der Waals surface area contributed by atoms with Gasteiger partial charge in [-0.1, -0.05) is 6.42 Å². The molecule has 1 aliphatic carbocycles. The van der Waals surface area contributed by atoms with Gasteiger partial charge in [0.1, 0.15) is 0 Å². The summed E-state index contributed by atoms with van der Waals surface area (Å²) in [6, 6.07) is 0.756. The average Bonchev–Trinajstić information content (AvgIpc) is 1.99. The molecule has 1 heterocycles. The Balaban J connectivity index is 1.69. The topological polar surface area (TPSA) is 24.1 Å². The molecule has 1 saturated carbocycles. The van der Waals surface area contributed by atoms with Gasteiger partial charge in [0.2, 0.25) is 0 Å². The maximum absolute atomic E-state index is 3.74. The van der Waals surface area contributed by atoms with Gasteiger partial charge in [-0.15, -0.1) is 0 Å². The maximum atomic E-state index is 3.74. The third-order valence-corrected chi connectivity index (χ3v) is 3.77. The lowest BCUT2D eigenvalue weighted by Gasteiger charge is -2.38. The minimum absolute atomic E-state index is 0.343. The van der Waals surface area contributed by atoms with Crippen molar-refractivity contribution in [1.29, 1.82) is 0 Å². The SMILES string of the molecule is CC1(C)CC(NCC2CCC2)CCN1. The van der Waals surface area contributed by atoms with Gasteiger partial charge in [0, 0.05) is 11.6 Å². The average molecular weight is 196 g/mol. The predicted molar refractivity (Wildman–Crippen MR) is 60.4 cm³/mol. The van der Waals surface area contributed by atoms with E-state index in [1.807, 2.05) is 0 Å². The Bertz CT molecular complexity index is 185. The van der Waals surface area contributed by atoms with Gasteiger partial charge in [0.05, 0.1) is 0 Å². The fraction of sp³-hybridized carbons (Fsp3) is 1.00. The van der Waals surface area contributed by atoms with Gasteiger partial charge in [0.25, 0.3) is 0 Å². The molecule has 2 aliphatic rings. The summed E-state index contributed by atoms with van der Waals surface area (Å²) in [5.74, 6) is 0.994. The summed E-state index contributed by atoms with van der Waals surface area (Å²) in [7, 11) is 0. The molecule has 2 rings (SSSR count). The largest absolute Gasteiger partial charge is 0.314 e. The number of rotatable bonds is 3. The molecule has 0 bridgehead atoms. The number of nitrogens with one attached hydrogen (secondary N) is 2. The Morgan fingerprint density at radius 2 is 2.07 bits per heavy atom. The van der Waals surface area contributed by atoms with E-state index in [4.69, 9.17) is 0 Å². The second-order valence-corrected chi connectivity index (χ2v) is 5.71. The van der Waals surface area contributed by atoms with Crippen molar-refractivity contribution in [2.45, 2.75) is 57.5 Å². The minimum Gasteiger partial charge on any atom is -0.314 e. The summed E-state index contributed by atoms with van der Waals surface area (Å²) in [6.45, 7) is 7.06. The van der Waals surface area contributed by atoms with Crippen LogP contribution in [0.2, 0.25) is 0 Å². The van der Waals surface area contributed by atoms with Crippen LogP contribution in [0.4, 0.5) is 0 Å². The molecule has 2 fully saturated rings. The van der Waals surface area contributed by atoms with E-state index in [2.05, 4.69) is 24.5 Å². The van der Waals surface area contributed by atoms with Crippen LogP contribution in [0.15, 0.2) is 0 Å². The van der Waals surface area contributed by atoms with E-state index < -0.39 is 0 Å². The van der Waals surface area contributed by atoms with Crippen molar-refractivity contribution in [3.63, 3.8) is 0 Å². The van der Waals surface area contributed by atoms with E-state index in [0.717, 1.165) is 12.0 Å². The molecule has 2 N–H and O–H groups in total. The predicted octanol–water partition coefficient (Wildman–Crippen LogP) is 1.91. The lowest BCUT2D eigenvalue weighted by atomic mass is 9.84. The molecule has 14 heavy (non-hydrogen) atoms. The van der Waals surface area contributed by atoms with E-state index in [0.29, 0.717) is 5.54 Å². The van der Waals surface area contributed by atoms with Crippen LogP contribution in [0.25, 0.3) is 0 Å². The van der Waals surface area contributed by atoms with Crippen LogP contribution in [0.3, 0.4) is 0 Å². The molecule has 0 aromatic rings. The molecule has 0 aromatic carbocycles. The Kier molecular flexibility index (Phi) is 3.13. The lowest BCUT2D eigenvalue weighted by molar-refractivity contribution is 0.222. The van der Waals surface area contributed by atoms with Gasteiger partial charge in [-0.25, -0.2) is 0 Å². The first kappa shape index (κ1) is 10.4. The van der Waals surface area contributed by atoms with Crippen molar-refractivity contribution in [3.8, 4) is 0 Å². The first-order valence-electron chi connectivity index (χ1n) is 6.14. The van der Waals surface area contributed by atoms with Crippen molar-refractivity contribution < 1.29 is 0 Å². The Labute approximate surface area is 87.8 Å². The molecule has 0 aromatic heterocycles. The lowest BCUT2D eigenvalue weighted by Crippen LogP contribution is -2.52. The summed E-state index contributed by atoms with van der Waals surface area (Å²) in [5.41, 5.74) is 0.343. The monoisotopic (exact) mass is 196 g/mol. The molecule has 1 aliphatic heterocycles. The first-order chi connectivity index (χ1) is 6.66.